The molecule has 0 saturated heterocycles. The summed E-state index contributed by atoms with van der Waals surface area (Å²) in [6.45, 7) is 2.15. The number of hydrazine groups is 1. The number of hydrogen-bond donors (Lipinski definition) is 2. The molecule has 3 rings (SSSR count). The fourth-order valence-electron chi connectivity index (χ4n) is 2.72. The summed E-state index contributed by atoms with van der Waals surface area (Å²) >= 11 is 0. The van der Waals surface area contributed by atoms with E-state index < -0.39 is 0 Å². The minimum Gasteiger partial charge on any atom is -0.308 e. The first-order chi connectivity index (χ1) is 9.33. The largest absolute Gasteiger partial charge is 0.308 e. The molecule has 4 nitrogen and oxygen atoms in total. The van der Waals surface area contributed by atoms with Gasteiger partial charge in [-0.1, -0.05) is 31.2 Å². The van der Waals surface area contributed by atoms with E-state index in [9.17, 15) is 0 Å². The number of nitrogens with zero attached hydrogens (tertiary/aromatic N) is 2. The SMILES string of the molecule is CCc1ccccc1-c1nc2c(c(NN)n1)CCC2. The fraction of sp³-hybridized carbons (Fsp3) is 0.333. The molecule has 4 heteroatoms. The van der Waals surface area contributed by atoms with Crippen molar-refractivity contribution < 1.29 is 0 Å². The van der Waals surface area contributed by atoms with E-state index in [1.54, 1.807) is 0 Å². The first kappa shape index (κ1) is 12.1. The second-order valence-electron chi connectivity index (χ2n) is 4.83. The predicted molar refractivity (Wildman–Crippen MR) is 76.7 cm³/mol. The molecule has 3 N–H and O–H groups in total. The minimum absolute atomic E-state index is 0.781. The van der Waals surface area contributed by atoms with Crippen LogP contribution in [0.5, 0.6) is 0 Å². The Labute approximate surface area is 113 Å². The van der Waals surface area contributed by atoms with E-state index in [1.807, 2.05) is 6.07 Å². The van der Waals surface area contributed by atoms with Gasteiger partial charge in [0, 0.05) is 16.8 Å². The molecule has 0 aliphatic heterocycles. The number of rotatable bonds is 3. The van der Waals surface area contributed by atoms with Crippen LogP contribution in [0.15, 0.2) is 24.3 Å². The van der Waals surface area contributed by atoms with Crippen LogP contribution in [0.25, 0.3) is 11.4 Å². The Morgan fingerprint density at radius 1 is 1.21 bits per heavy atom. The summed E-state index contributed by atoms with van der Waals surface area (Å²) < 4.78 is 0. The fourth-order valence-corrected chi connectivity index (χ4v) is 2.72. The smallest absolute Gasteiger partial charge is 0.162 e. The molecule has 1 aliphatic carbocycles. The van der Waals surface area contributed by atoms with E-state index in [0.717, 1.165) is 48.6 Å². The lowest BCUT2D eigenvalue weighted by molar-refractivity contribution is 0.899. The average Bonchev–Trinajstić information content (AvgIpc) is 2.94. The van der Waals surface area contributed by atoms with Gasteiger partial charge in [0.05, 0.1) is 0 Å². The number of benzene rings is 1. The number of anilines is 1. The summed E-state index contributed by atoms with van der Waals surface area (Å²) in [4.78, 5) is 9.33. The molecule has 1 aliphatic rings. The zero-order valence-corrected chi connectivity index (χ0v) is 11.1. The van der Waals surface area contributed by atoms with Crippen LogP contribution in [0.3, 0.4) is 0 Å². The van der Waals surface area contributed by atoms with Crippen LogP contribution in [0.2, 0.25) is 0 Å². The first-order valence-corrected chi connectivity index (χ1v) is 6.78. The van der Waals surface area contributed by atoms with Crippen molar-refractivity contribution in [1.82, 2.24) is 9.97 Å². The Kier molecular flexibility index (Phi) is 3.17. The van der Waals surface area contributed by atoms with Gasteiger partial charge in [-0.15, -0.1) is 0 Å². The number of fused-ring (bicyclic) bond motifs is 1. The maximum atomic E-state index is 5.60. The third kappa shape index (κ3) is 2.08. The highest BCUT2D eigenvalue weighted by Gasteiger charge is 2.20. The Morgan fingerprint density at radius 3 is 2.84 bits per heavy atom. The predicted octanol–water partition coefficient (Wildman–Crippen LogP) is 2.48. The topological polar surface area (TPSA) is 63.8 Å². The van der Waals surface area contributed by atoms with Gasteiger partial charge in [0.15, 0.2) is 5.82 Å². The summed E-state index contributed by atoms with van der Waals surface area (Å²) in [6.07, 6.45) is 4.15. The summed E-state index contributed by atoms with van der Waals surface area (Å²) in [6, 6.07) is 8.29. The quantitative estimate of drug-likeness (QED) is 0.652. The number of aromatic nitrogens is 2. The van der Waals surface area contributed by atoms with Gasteiger partial charge in [-0.2, -0.15) is 0 Å². The lowest BCUT2D eigenvalue weighted by atomic mass is 10.0. The van der Waals surface area contributed by atoms with E-state index in [-0.39, 0.29) is 0 Å². The minimum atomic E-state index is 0.781. The first-order valence-electron chi connectivity index (χ1n) is 6.78. The molecule has 0 atom stereocenters. The lowest BCUT2D eigenvalue weighted by Crippen LogP contribution is -2.13. The Bertz CT molecular complexity index is 607. The number of aryl methyl sites for hydroxylation is 2. The van der Waals surface area contributed by atoms with Gasteiger partial charge in [0.25, 0.3) is 0 Å². The number of hydrogen-bond acceptors (Lipinski definition) is 4. The second-order valence-corrected chi connectivity index (χ2v) is 4.83. The van der Waals surface area contributed by atoms with Crippen LogP contribution >= 0.6 is 0 Å². The molecule has 1 heterocycles. The third-order valence-electron chi connectivity index (χ3n) is 3.71. The molecular weight excluding hydrogens is 236 g/mol. The molecule has 0 fully saturated rings. The molecule has 0 spiro atoms. The van der Waals surface area contributed by atoms with E-state index in [2.05, 4.69) is 35.5 Å². The monoisotopic (exact) mass is 254 g/mol. The Hall–Kier alpha value is -1.94. The van der Waals surface area contributed by atoms with Crippen molar-refractivity contribution in [2.75, 3.05) is 5.43 Å². The van der Waals surface area contributed by atoms with Crippen molar-refractivity contribution in [3.63, 3.8) is 0 Å². The van der Waals surface area contributed by atoms with Crippen LogP contribution in [0, 0.1) is 0 Å². The van der Waals surface area contributed by atoms with Crippen molar-refractivity contribution in [2.24, 2.45) is 5.84 Å². The summed E-state index contributed by atoms with van der Waals surface area (Å²) in [7, 11) is 0. The number of nitrogen functional groups attached to an aromatic ring is 1. The average molecular weight is 254 g/mol. The van der Waals surface area contributed by atoms with Crippen molar-refractivity contribution in [1.29, 1.82) is 0 Å². The summed E-state index contributed by atoms with van der Waals surface area (Å²) in [5.41, 5.74) is 7.42. The zero-order chi connectivity index (χ0) is 13.2. The third-order valence-corrected chi connectivity index (χ3v) is 3.71. The molecule has 1 aromatic heterocycles. The summed E-state index contributed by atoms with van der Waals surface area (Å²) in [5, 5.41) is 0. The van der Waals surface area contributed by atoms with E-state index >= 15 is 0 Å². The van der Waals surface area contributed by atoms with Crippen LogP contribution < -0.4 is 11.3 Å². The van der Waals surface area contributed by atoms with E-state index in [1.165, 1.54) is 11.1 Å². The molecule has 0 amide bonds. The Balaban J connectivity index is 2.15. The Morgan fingerprint density at radius 2 is 2.05 bits per heavy atom. The molecule has 0 radical (unpaired) electrons. The standard InChI is InChI=1S/C15H18N4/c1-2-10-6-3-4-7-11(10)14-17-13-9-5-8-12(13)15(18-14)19-16/h3-4,6-7H,2,5,8-9,16H2,1H3,(H,17,18,19). The lowest BCUT2D eigenvalue weighted by Gasteiger charge is -2.11. The summed E-state index contributed by atoms with van der Waals surface area (Å²) in [5.74, 6) is 7.16. The molecule has 98 valence electrons. The van der Waals surface area contributed by atoms with Crippen LogP contribution in [0.4, 0.5) is 5.82 Å². The number of nitrogens with two attached hydrogens (primary N) is 1. The van der Waals surface area contributed by atoms with Gasteiger partial charge in [-0.25, -0.2) is 15.8 Å². The van der Waals surface area contributed by atoms with Gasteiger partial charge in [0.2, 0.25) is 0 Å². The van der Waals surface area contributed by atoms with Crippen molar-refractivity contribution in [3.8, 4) is 11.4 Å². The van der Waals surface area contributed by atoms with E-state index in [4.69, 9.17) is 10.8 Å². The number of nitrogens with one attached hydrogen (secondary N) is 1. The van der Waals surface area contributed by atoms with Gasteiger partial charge in [0.1, 0.15) is 5.82 Å². The maximum absolute atomic E-state index is 5.60. The van der Waals surface area contributed by atoms with E-state index in [0.29, 0.717) is 0 Å². The van der Waals surface area contributed by atoms with Crippen LogP contribution in [0.1, 0.15) is 30.2 Å². The molecule has 0 unspecified atom stereocenters. The van der Waals surface area contributed by atoms with Gasteiger partial charge in [-0.05, 0) is 31.2 Å². The maximum Gasteiger partial charge on any atom is 0.162 e. The molecule has 19 heavy (non-hydrogen) atoms. The molecule has 2 aromatic rings. The highest BCUT2D eigenvalue weighted by atomic mass is 15.3. The zero-order valence-electron chi connectivity index (χ0n) is 11.1. The van der Waals surface area contributed by atoms with Crippen molar-refractivity contribution in [2.45, 2.75) is 32.6 Å². The van der Waals surface area contributed by atoms with Gasteiger partial charge < -0.3 is 5.43 Å². The molecular formula is C15H18N4. The highest BCUT2D eigenvalue weighted by molar-refractivity contribution is 5.64. The highest BCUT2D eigenvalue weighted by Crippen LogP contribution is 2.29. The molecule has 0 bridgehead atoms. The normalized spacial score (nSPS) is 13.4. The molecule has 0 saturated carbocycles. The van der Waals surface area contributed by atoms with Gasteiger partial charge >= 0.3 is 0 Å². The van der Waals surface area contributed by atoms with Crippen molar-refractivity contribution >= 4 is 5.82 Å². The van der Waals surface area contributed by atoms with Crippen molar-refractivity contribution in [3.05, 3.63) is 41.1 Å². The second kappa shape index (κ2) is 4.97. The van der Waals surface area contributed by atoms with Crippen LogP contribution in [-0.4, -0.2) is 9.97 Å². The molecule has 1 aromatic carbocycles. The van der Waals surface area contributed by atoms with Crippen LogP contribution in [-0.2, 0) is 19.3 Å². The van der Waals surface area contributed by atoms with Gasteiger partial charge in [-0.3, -0.25) is 0 Å².